The summed E-state index contributed by atoms with van der Waals surface area (Å²) in [7, 11) is -3.96. The quantitative estimate of drug-likeness (QED) is 0.639. The Morgan fingerprint density at radius 1 is 1.10 bits per heavy atom. The number of sulfonamides is 1. The summed E-state index contributed by atoms with van der Waals surface area (Å²) in [6.45, 7) is 3.56. The van der Waals surface area contributed by atoms with Crippen molar-refractivity contribution < 1.29 is 17.9 Å². The molecule has 0 radical (unpaired) electrons. The van der Waals surface area contributed by atoms with E-state index in [1.807, 2.05) is 37.3 Å². The van der Waals surface area contributed by atoms with E-state index in [-0.39, 0.29) is 22.2 Å². The average molecular weight is 465 g/mol. The van der Waals surface area contributed by atoms with E-state index in [1.54, 1.807) is 4.90 Å². The lowest BCUT2D eigenvalue weighted by molar-refractivity contribution is -0.132. The average Bonchev–Trinajstić information content (AvgIpc) is 3.04. The highest BCUT2D eigenvalue weighted by Crippen LogP contribution is 2.27. The van der Waals surface area contributed by atoms with Gasteiger partial charge in [0.1, 0.15) is 11.8 Å². The first-order chi connectivity index (χ1) is 14.9. The first-order valence-electron chi connectivity index (χ1n) is 10.7. The number of benzene rings is 2. The van der Waals surface area contributed by atoms with E-state index in [9.17, 15) is 13.2 Å². The second-order valence-corrected chi connectivity index (χ2v) is 9.75. The molecule has 0 spiro atoms. The Labute approximate surface area is 189 Å². The van der Waals surface area contributed by atoms with Gasteiger partial charge in [-0.3, -0.25) is 4.79 Å². The number of carbonyl (C=O) groups excluding carboxylic acids is 1. The molecule has 0 aliphatic carbocycles. The molecule has 0 bridgehead atoms. The fraction of sp³-hybridized carbons (Fsp3) is 0.435. The molecule has 2 aromatic rings. The van der Waals surface area contributed by atoms with E-state index in [0.29, 0.717) is 25.4 Å². The summed E-state index contributed by atoms with van der Waals surface area (Å²) in [6, 6.07) is 12.9. The van der Waals surface area contributed by atoms with Crippen LogP contribution in [0.5, 0.6) is 5.75 Å². The third-order valence-electron chi connectivity index (χ3n) is 5.31. The molecular weight excluding hydrogens is 436 g/mol. The summed E-state index contributed by atoms with van der Waals surface area (Å²) in [6.07, 6.45) is 4.32. The Hall–Kier alpha value is -2.09. The standard InChI is InChI=1S/C23H29ClN2O4S/c1-2-30-22-13-12-19(17-20(22)24)31(28,29)25-21(16-18-10-6-5-7-11-18)23(27)26-14-8-3-4-9-15-26/h5-7,10-13,17,21,25H,2-4,8-9,14-16H2,1H3/t21-/m0/s1. The molecular formula is C23H29ClN2O4S. The molecule has 1 heterocycles. The first-order valence-corrected chi connectivity index (χ1v) is 12.5. The maximum Gasteiger partial charge on any atom is 0.241 e. The van der Waals surface area contributed by atoms with E-state index in [1.165, 1.54) is 18.2 Å². The van der Waals surface area contributed by atoms with Crippen LogP contribution >= 0.6 is 11.6 Å². The molecule has 1 saturated heterocycles. The number of hydrogen-bond donors (Lipinski definition) is 1. The van der Waals surface area contributed by atoms with Crippen molar-refractivity contribution in [1.29, 1.82) is 0 Å². The van der Waals surface area contributed by atoms with Gasteiger partial charge in [-0.1, -0.05) is 54.8 Å². The summed E-state index contributed by atoms with van der Waals surface area (Å²) < 4.78 is 34.3. The normalized spacial score (nSPS) is 15.9. The minimum atomic E-state index is -3.96. The van der Waals surface area contributed by atoms with Gasteiger partial charge in [-0.2, -0.15) is 4.72 Å². The van der Waals surface area contributed by atoms with Gasteiger partial charge in [0, 0.05) is 13.1 Å². The molecule has 1 N–H and O–H groups in total. The molecule has 31 heavy (non-hydrogen) atoms. The summed E-state index contributed by atoms with van der Waals surface area (Å²) in [4.78, 5) is 15.1. The fourth-order valence-corrected chi connectivity index (χ4v) is 5.23. The zero-order valence-electron chi connectivity index (χ0n) is 17.7. The number of amides is 1. The van der Waals surface area contributed by atoms with E-state index in [4.69, 9.17) is 16.3 Å². The van der Waals surface area contributed by atoms with E-state index in [2.05, 4.69) is 4.72 Å². The van der Waals surface area contributed by atoms with Crippen molar-refractivity contribution in [2.75, 3.05) is 19.7 Å². The predicted molar refractivity (Wildman–Crippen MR) is 122 cm³/mol. The second-order valence-electron chi connectivity index (χ2n) is 7.63. The van der Waals surface area contributed by atoms with Crippen LogP contribution in [0.2, 0.25) is 5.02 Å². The maximum atomic E-state index is 13.3. The molecule has 1 aliphatic heterocycles. The number of halogens is 1. The van der Waals surface area contributed by atoms with Gasteiger partial charge in [0.05, 0.1) is 16.5 Å². The number of carbonyl (C=O) groups is 1. The minimum absolute atomic E-state index is 0.00248. The molecule has 3 rings (SSSR count). The Balaban J connectivity index is 1.85. The van der Waals surface area contributed by atoms with Crippen LogP contribution in [0.4, 0.5) is 0 Å². The van der Waals surface area contributed by atoms with Crippen LogP contribution in [0, 0.1) is 0 Å². The summed E-state index contributed by atoms with van der Waals surface area (Å²) >= 11 is 6.19. The Morgan fingerprint density at radius 2 is 1.77 bits per heavy atom. The number of nitrogens with zero attached hydrogens (tertiary/aromatic N) is 1. The lowest BCUT2D eigenvalue weighted by atomic mass is 10.1. The van der Waals surface area contributed by atoms with Gasteiger partial charge in [-0.25, -0.2) is 8.42 Å². The summed E-state index contributed by atoms with van der Waals surface area (Å²) in [5.74, 6) is 0.232. The Kier molecular flexibility index (Phi) is 8.35. The first kappa shape index (κ1) is 23.6. The van der Waals surface area contributed by atoms with Gasteiger partial charge in [0.25, 0.3) is 0 Å². The monoisotopic (exact) mass is 464 g/mol. The van der Waals surface area contributed by atoms with Gasteiger partial charge in [0.2, 0.25) is 15.9 Å². The van der Waals surface area contributed by atoms with Gasteiger partial charge in [0.15, 0.2) is 0 Å². The number of rotatable bonds is 8. The molecule has 0 saturated carbocycles. The molecule has 168 valence electrons. The van der Waals surface area contributed by atoms with Gasteiger partial charge < -0.3 is 9.64 Å². The zero-order valence-corrected chi connectivity index (χ0v) is 19.3. The van der Waals surface area contributed by atoms with Crippen molar-refractivity contribution in [1.82, 2.24) is 9.62 Å². The number of ether oxygens (including phenoxy) is 1. The molecule has 0 unspecified atom stereocenters. The van der Waals surface area contributed by atoms with Crippen molar-refractivity contribution in [2.24, 2.45) is 0 Å². The summed E-state index contributed by atoms with van der Waals surface area (Å²) in [5, 5.41) is 0.211. The molecule has 8 heteroatoms. The van der Waals surface area contributed by atoms with Crippen molar-refractivity contribution in [3.05, 3.63) is 59.1 Å². The third-order valence-corrected chi connectivity index (χ3v) is 7.07. The molecule has 1 fully saturated rings. The van der Waals surface area contributed by atoms with Crippen molar-refractivity contribution >= 4 is 27.5 Å². The largest absolute Gasteiger partial charge is 0.492 e. The molecule has 0 aromatic heterocycles. The zero-order chi connectivity index (χ0) is 22.3. The van der Waals surface area contributed by atoms with Gasteiger partial charge in [-0.05, 0) is 49.9 Å². The van der Waals surface area contributed by atoms with Crippen LogP contribution in [-0.2, 0) is 21.2 Å². The lowest BCUT2D eigenvalue weighted by Gasteiger charge is -2.27. The van der Waals surface area contributed by atoms with Crippen LogP contribution in [-0.4, -0.2) is 45.0 Å². The van der Waals surface area contributed by atoms with Crippen molar-refractivity contribution in [2.45, 2.75) is 50.0 Å². The highest BCUT2D eigenvalue weighted by atomic mass is 35.5. The summed E-state index contributed by atoms with van der Waals surface area (Å²) in [5.41, 5.74) is 0.892. The van der Waals surface area contributed by atoms with Crippen LogP contribution < -0.4 is 9.46 Å². The number of hydrogen-bond acceptors (Lipinski definition) is 4. The third kappa shape index (κ3) is 6.45. The number of nitrogens with one attached hydrogen (secondary N) is 1. The second kappa shape index (κ2) is 11.0. The van der Waals surface area contributed by atoms with Crippen LogP contribution in [0.15, 0.2) is 53.4 Å². The predicted octanol–water partition coefficient (Wildman–Crippen LogP) is 4.03. The fourth-order valence-electron chi connectivity index (χ4n) is 3.72. The van der Waals surface area contributed by atoms with Gasteiger partial charge >= 0.3 is 0 Å². The van der Waals surface area contributed by atoms with Crippen molar-refractivity contribution in [3.8, 4) is 5.75 Å². The Morgan fingerprint density at radius 3 is 2.39 bits per heavy atom. The van der Waals surface area contributed by atoms with Crippen LogP contribution in [0.25, 0.3) is 0 Å². The van der Waals surface area contributed by atoms with Gasteiger partial charge in [-0.15, -0.1) is 0 Å². The molecule has 2 aromatic carbocycles. The highest BCUT2D eigenvalue weighted by Gasteiger charge is 2.30. The minimum Gasteiger partial charge on any atom is -0.492 e. The lowest BCUT2D eigenvalue weighted by Crippen LogP contribution is -2.49. The highest BCUT2D eigenvalue weighted by molar-refractivity contribution is 7.89. The smallest absolute Gasteiger partial charge is 0.241 e. The van der Waals surface area contributed by atoms with Crippen LogP contribution in [0.1, 0.15) is 38.2 Å². The van der Waals surface area contributed by atoms with E-state index >= 15 is 0 Å². The maximum absolute atomic E-state index is 13.3. The molecule has 1 atom stereocenters. The molecule has 6 nitrogen and oxygen atoms in total. The molecule has 1 aliphatic rings. The number of likely N-dealkylation sites (tertiary alicyclic amines) is 1. The molecule has 1 amide bonds. The van der Waals surface area contributed by atoms with E-state index < -0.39 is 16.1 Å². The Bertz CT molecular complexity index is 974. The SMILES string of the molecule is CCOc1ccc(S(=O)(=O)N[C@@H](Cc2ccccc2)C(=O)N2CCCCCC2)cc1Cl. The van der Waals surface area contributed by atoms with Crippen LogP contribution in [0.3, 0.4) is 0 Å². The topological polar surface area (TPSA) is 75.7 Å². The van der Waals surface area contributed by atoms with E-state index in [0.717, 1.165) is 31.2 Å². The van der Waals surface area contributed by atoms with Crippen molar-refractivity contribution in [3.63, 3.8) is 0 Å².